The molecule has 4 aromatic rings. The second-order valence-corrected chi connectivity index (χ2v) is 14.0. The largest absolute Gasteiger partial charge is 0.464 e. The summed E-state index contributed by atoms with van der Waals surface area (Å²) in [6.45, 7) is 4.66. The summed E-state index contributed by atoms with van der Waals surface area (Å²) in [5.41, 5.74) is -2.00. The average Bonchev–Trinajstić information content (AvgIpc) is 3.16. The Kier molecular flexibility index (Phi) is 14.2. The van der Waals surface area contributed by atoms with E-state index in [4.69, 9.17) is 51.8 Å². The van der Waals surface area contributed by atoms with Crippen molar-refractivity contribution in [2.45, 2.75) is 58.1 Å². The van der Waals surface area contributed by atoms with E-state index in [0.717, 1.165) is 6.26 Å². The number of alkyl carbamates (subject to hydrolysis) is 1. The predicted molar refractivity (Wildman–Crippen MR) is 201 cm³/mol. The van der Waals surface area contributed by atoms with Gasteiger partial charge in [-0.3, -0.25) is 9.59 Å². The van der Waals surface area contributed by atoms with Crippen molar-refractivity contribution in [2.24, 2.45) is 5.92 Å². The Bertz CT molecular complexity index is 2110. The molecule has 1 saturated carbocycles. The van der Waals surface area contributed by atoms with Crippen LogP contribution in [0.4, 0.5) is 4.79 Å². The number of carbonyl (C=O) groups excluding carboxylic acids is 2. The molecule has 56 heavy (non-hydrogen) atoms. The van der Waals surface area contributed by atoms with E-state index >= 15 is 0 Å². The highest BCUT2D eigenvalue weighted by Gasteiger charge is 2.31. The summed E-state index contributed by atoms with van der Waals surface area (Å²) in [5, 5.41) is 2.86. The fraction of sp³-hybridized carbons (Fsp3) is 0.487. The second-order valence-electron chi connectivity index (χ2n) is 14.0. The molecule has 0 unspecified atom stereocenters. The van der Waals surface area contributed by atoms with Crippen LogP contribution in [0.2, 0.25) is 0 Å². The molecule has 304 valence electrons. The molecule has 0 bridgehead atoms. The molecule has 5 rings (SSSR count). The highest BCUT2D eigenvalue weighted by molar-refractivity contribution is 6.07. The summed E-state index contributed by atoms with van der Waals surface area (Å²) in [6, 6.07) is 4.32. The van der Waals surface area contributed by atoms with Crippen LogP contribution in [-0.4, -0.2) is 90.9 Å². The zero-order chi connectivity index (χ0) is 40.4. The van der Waals surface area contributed by atoms with Crippen LogP contribution in [0.5, 0.6) is 23.0 Å². The molecule has 17 heteroatoms. The first-order valence-electron chi connectivity index (χ1n) is 17.8. The number of hydrogen-bond acceptors (Lipinski definition) is 15. The number of esters is 1. The molecule has 2 heterocycles. The molecule has 17 nitrogen and oxygen atoms in total. The minimum Gasteiger partial charge on any atom is -0.464 e. The van der Waals surface area contributed by atoms with E-state index in [0.29, 0.717) is 31.2 Å². The van der Waals surface area contributed by atoms with E-state index in [2.05, 4.69) is 10.3 Å². The zero-order valence-electron chi connectivity index (χ0n) is 32.5. The Morgan fingerprint density at radius 2 is 1.39 bits per heavy atom. The van der Waals surface area contributed by atoms with Gasteiger partial charge in [0.25, 0.3) is 0 Å². The first-order valence-corrected chi connectivity index (χ1v) is 17.8. The Hall–Kier alpha value is -5.36. The minimum atomic E-state index is -0.890. The first kappa shape index (κ1) is 41.8. The number of ether oxygens (including phenoxy) is 10. The van der Waals surface area contributed by atoms with E-state index in [-0.39, 0.29) is 102 Å². The number of H-pyrrole nitrogens is 1. The number of nitrogens with one attached hydrogen (secondary N) is 2. The van der Waals surface area contributed by atoms with Gasteiger partial charge in [0.2, 0.25) is 5.43 Å². The number of pyridine rings is 1. The van der Waals surface area contributed by atoms with Gasteiger partial charge in [-0.2, -0.15) is 0 Å². The predicted octanol–water partition coefficient (Wildman–Crippen LogP) is 5.47. The fourth-order valence-corrected chi connectivity index (χ4v) is 6.23. The maximum atomic E-state index is 14.5. The third-order valence-corrected chi connectivity index (χ3v) is 8.76. The van der Waals surface area contributed by atoms with Crippen LogP contribution in [-0.2, 0) is 28.4 Å². The van der Waals surface area contributed by atoms with Gasteiger partial charge in [-0.25, -0.2) is 9.59 Å². The van der Waals surface area contributed by atoms with Crippen molar-refractivity contribution >= 4 is 33.9 Å². The minimum absolute atomic E-state index is 0.0191. The van der Waals surface area contributed by atoms with Crippen LogP contribution >= 0.6 is 0 Å². The SMILES string of the molecule is COCOc1cc2[nH]cc(-c3coc4cc(OCOC)c(OCOC)c(C(=O)OCC5CCC(NC(=O)OC(C)(C)C)CC5)c4c3=O)c(=O)c2cc1OCOC. The number of methoxy groups -OCH3 is 4. The van der Waals surface area contributed by atoms with Crippen LogP contribution in [0.1, 0.15) is 56.8 Å². The maximum Gasteiger partial charge on any atom is 0.407 e. The lowest BCUT2D eigenvalue weighted by atomic mass is 9.86. The van der Waals surface area contributed by atoms with Gasteiger partial charge < -0.3 is 62.1 Å². The Morgan fingerprint density at radius 1 is 0.786 bits per heavy atom. The number of rotatable bonds is 17. The summed E-state index contributed by atoms with van der Waals surface area (Å²) in [7, 11) is 5.71. The normalized spacial score (nSPS) is 15.7. The van der Waals surface area contributed by atoms with Gasteiger partial charge in [0.05, 0.1) is 34.0 Å². The Morgan fingerprint density at radius 3 is 2.02 bits per heavy atom. The maximum absolute atomic E-state index is 14.5. The lowest BCUT2D eigenvalue weighted by Crippen LogP contribution is -2.41. The third kappa shape index (κ3) is 10.1. The third-order valence-electron chi connectivity index (χ3n) is 8.76. The molecule has 0 aliphatic heterocycles. The molecule has 2 aromatic heterocycles. The summed E-state index contributed by atoms with van der Waals surface area (Å²) in [4.78, 5) is 58.0. The smallest absolute Gasteiger partial charge is 0.407 e. The molecule has 1 amide bonds. The highest BCUT2D eigenvalue weighted by atomic mass is 16.7. The van der Waals surface area contributed by atoms with Gasteiger partial charge in [0, 0.05) is 52.8 Å². The van der Waals surface area contributed by atoms with Gasteiger partial charge in [0.1, 0.15) is 23.0 Å². The molecule has 2 aromatic carbocycles. The number of carbonyl (C=O) groups is 2. The van der Waals surface area contributed by atoms with Crippen molar-refractivity contribution in [3.05, 3.63) is 56.7 Å². The van der Waals surface area contributed by atoms with Gasteiger partial charge >= 0.3 is 12.1 Å². The van der Waals surface area contributed by atoms with Crippen molar-refractivity contribution in [3.63, 3.8) is 0 Å². The van der Waals surface area contributed by atoms with Crippen LogP contribution in [0, 0.1) is 5.92 Å². The molecule has 0 radical (unpaired) electrons. The van der Waals surface area contributed by atoms with Crippen molar-refractivity contribution in [1.82, 2.24) is 10.3 Å². The summed E-state index contributed by atoms with van der Waals surface area (Å²) in [5.74, 6) is -0.559. The van der Waals surface area contributed by atoms with Crippen LogP contribution < -0.4 is 35.1 Å². The van der Waals surface area contributed by atoms with Crippen molar-refractivity contribution in [3.8, 4) is 34.1 Å². The zero-order valence-corrected chi connectivity index (χ0v) is 32.5. The quantitative estimate of drug-likeness (QED) is 0.101. The van der Waals surface area contributed by atoms with Gasteiger partial charge in [0.15, 0.2) is 55.6 Å². The van der Waals surface area contributed by atoms with Crippen molar-refractivity contribution in [2.75, 3.05) is 62.2 Å². The molecule has 1 aliphatic rings. The van der Waals surface area contributed by atoms with Crippen molar-refractivity contribution in [1.29, 1.82) is 0 Å². The molecule has 0 spiro atoms. The number of hydrogen-bond donors (Lipinski definition) is 2. The Balaban J connectivity index is 1.52. The first-order chi connectivity index (χ1) is 26.9. The Labute approximate surface area is 322 Å². The number of amides is 1. The van der Waals surface area contributed by atoms with Gasteiger partial charge in [-0.1, -0.05) is 0 Å². The monoisotopic (exact) mass is 784 g/mol. The van der Waals surface area contributed by atoms with E-state index in [1.807, 2.05) is 0 Å². The number of aromatic amines is 1. The van der Waals surface area contributed by atoms with Crippen LogP contribution in [0.15, 0.2) is 44.7 Å². The average molecular weight is 785 g/mol. The molecular weight excluding hydrogens is 736 g/mol. The van der Waals surface area contributed by atoms with Crippen LogP contribution in [0.25, 0.3) is 33.0 Å². The van der Waals surface area contributed by atoms with Gasteiger partial charge in [-0.15, -0.1) is 0 Å². The number of benzene rings is 2. The fourth-order valence-electron chi connectivity index (χ4n) is 6.23. The van der Waals surface area contributed by atoms with E-state index in [1.165, 1.54) is 46.8 Å². The topological polar surface area (TPSA) is 202 Å². The summed E-state index contributed by atoms with van der Waals surface area (Å²) < 4.78 is 60.3. The number of fused-ring (bicyclic) bond motifs is 2. The molecule has 0 saturated heterocycles. The van der Waals surface area contributed by atoms with Crippen molar-refractivity contribution < 1.29 is 61.4 Å². The van der Waals surface area contributed by atoms with E-state index in [9.17, 15) is 19.2 Å². The summed E-state index contributed by atoms with van der Waals surface area (Å²) >= 11 is 0. The standard InChI is InChI=1S/C39H48N2O15/c1-39(2,3)56-38(45)41-23-10-8-22(9-11-23)16-51-37(44)33-32-30(14-31(54-20-48-6)36(33)55-21-49-7)50-17-26(35(32)43)25-15-40-27-13-29(53-19-47-5)28(52-18-46-4)12-24(27)34(25)42/h12-15,17,22-23H,8-11,16,18-21H2,1-7H3,(H,40,42)(H,41,45). The lowest BCUT2D eigenvalue weighted by Gasteiger charge is -2.29. The molecule has 2 N–H and O–H groups in total. The molecule has 0 atom stereocenters. The van der Waals surface area contributed by atoms with Crippen LogP contribution in [0.3, 0.4) is 0 Å². The lowest BCUT2D eigenvalue weighted by molar-refractivity contribution is 0.0277. The molecule has 1 aliphatic carbocycles. The summed E-state index contributed by atoms with van der Waals surface area (Å²) in [6.07, 6.45) is 4.65. The van der Waals surface area contributed by atoms with E-state index in [1.54, 1.807) is 26.8 Å². The molecule has 1 fully saturated rings. The molecular formula is C39H48N2O15. The highest BCUT2D eigenvalue weighted by Crippen LogP contribution is 2.39. The van der Waals surface area contributed by atoms with Gasteiger partial charge in [-0.05, 0) is 58.4 Å². The van der Waals surface area contributed by atoms with E-state index < -0.39 is 28.5 Å². The number of aromatic nitrogens is 1. The second kappa shape index (κ2) is 19.0.